The number of rotatable bonds is 16. The average molecular weight is 355 g/mol. The number of carbonyl (C=O) groups is 2. The first-order valence-electron chi connectivity index (χ1n) is 9.91. The molecule has 1 unspecified atom stereocenters. The number of allylic oxidation sites excluding steroid dienone is 1. The molecule has 4 heteroatoms. The summed E-state index contributed by atoms with van der Waals surface area (Å²) in [6, 6.07) is 0. The Morgan fingerprint density at radius 1 is 0.960 bits per heavy atom. The summed E-state index contributed by atoms with van der Waals surface area (Å²) < 4.78 is 4.61. The number of carbonyl (C=O) groups excluding carboxylic acids is 2. The largest absolute Gasteiger partial charge is 0.469 e. The monoisotopic (exact) mass is 354 g/mol. The lowest BCUT2D eigenvalue weighted by Crippen LogP contribution is -2.36. The molecular weight excluding hydrogens is 316 g/mol. The van der Waals surface area contributed by atoms with Gasteiger partial charge in [0.1, 0.15) is 5.60 Å². The summed E-state index contributed by atoms with van der Waals surface area (Å²) in [5.74, 6) is -0.255. The molecule has 0 aliphatic carbocycles. The van der Waals surface area contributed by atoms with Crippen LogP contribution in [0, 0.1) is 0 Å². The minimum Gasteiger partial charge on any atom is -0.469 e. The second-order valence-corrected chi connectivity index (χ2v) is 6.96. The Hall–Kier alpha value is -1.16. The maximum absolute atomic E-state index is 11.7. The Morgan fingerprint density at radius 2 is 1.60 bits per heavy atom. The Labute approximate surface area is 154 Å². The van der Waals surface area contributed by atoms with E-state index in [0.717, 1.165) is 64.2 Å². The first-order chi connectivity index (χ1) is 12.0. The Kier molecular flexibility index (Phi) is 14.4. The number of unbranched alkanes of at least 4 members (excludes halogenated alkanes) is 8. The number of hydrogen-bond acceptors (Lipinski definition) is 4. The molecule has 0 rings (SSSR count). The lowest BCUT2D eigenvalue weighted by Gasteiger charge is -2.23. The van der Waals surface area contributed by atoms with Gasteiger partial charge in [-0.15, -0.1) is 0 Å². The van der Waals surface area contributed by atoms with Crippen LogP contribution in [0.5, 0.6) is 0 Å². The molecule has 0 saturated carbocycles. The number of Topliss-reactive ketones (excluding diaryl/α,β-unsaturated/α-hetero) is 1. The lowest BCUT2D eigenvalue weighted by molar-refractivity contribution is -0.140. The van der Waals surface area contributed by atoms with Gasteiger partial charge in [-0.1, -0.05) is 64.0 Å². The van der Waals surface area contributed by atoms with E-state index in [9.17, 15) is 14.7 Å². The summed E-state index contributed by atoms with van der Waals surface area (Å²) in [6.45, 7) is 3.64. The first-order valence-corrected chi connectivity index (χ1v) is 9.91. The average Bonchev–Trinajstić information content (AvgIpc) is 2.59. The van der Waals surface area contributed by atoms with E-state index in [4.69, 9.17) is 0 Å². The molecular formula is C21H38O4. The maximum Gasteiger partial charge on any atom is 0.305 e. The highest BCUT2D eigenvalue weighted by molar-refractivity contribution is 5.84. The van der Waals surface area contributed by atoms with E-state index in [0.29, 0.717) is 19.3 Å². The van der Waals surface area contributed by atoms with Gasteiger partial charge >= 0.3 is 5.97 Å². The molecule has 0 aromatic heterocycles. The van der Waals surface area contributed by atoms with Crippen LogP contribution < -0.4 is 0 Å². The summed E-state index contributed by atoms with van der Waals surface area (Å²) in [5.41, 5.74) is -1.18. The molecule has 0 heterocycles. The van der Waals surface area contributed by atoms with Crippen LogP contribution in [-0.2, 0) is 14.3 Å². The highest BCUT2D eigenvalue weighted by Gasteiger charge is 2.30. The van der Waals surface area contributed by atoms with E-state index < -0.39 is 5.60 Å². The SMILES string of the molecule is CCCCCCC(O)(C/C=C\CCCCCCCC(=O)OC)C(C)=O. The zero-order chi connectivity index (χ0) is 19.0. The third-order valence-corrected chi connectivity index (χ3v) is 4.70. The first kappa shape index (κ1) is 23.8. The van der Waals surface area contributed by atoms with Crippen LogP contribution in [0.2, 0.25) is 0 Å². The van der Waals surface area contributed by atoms with Gasteiger partial charge in [-0.3, -0.25) is 9.59 Å². The summed E-state index contributed by atoms with van der Waals surface area (Å²) in [6.07, 6.45) is 16.1. The molecule has 0 radical (unpaired) electrons. The Morgan fingerprint density at radius 3 is 2.24 bits per heavy atom. The molecule has 0 saturated heterocycles. The van der Waals surface area contributed by atoms with Gasteiger partial charge in [0, 0.05) is 12.8 Å². The summed E-state index contributed by atoms with van der Waals surface area (Å²) >= 11 is 0. The molecule has 1 atom stereocenters. The van der Waals surface area contributed by atoms with Gasteiger partial charge in [-0.2, -0.15) is 0 Å². The fraction of sp³-hybridized carbons (Fsp3) is 0.810. The maximum atomic E-state index is 11.7. The Balaban J connectivity index is 3.80. The quantitative estimate of drug-likeness (QED) is 0.237. The molecule has 0 aromatic rings. The van der Waals surface area contributed by atoms with Crippen LogP contribution in [0.4, 0.5) is 0 Å². The van der Waals surface area contributed by atoms with E-state index in [1.165, 1.54) is 14.0 Å². The van der Waals surface area contributed by atoms with Gasteiger partial charge in [0.15, 0.2) is 5.78 Å². The van der Waals surface area contributed by atoms with Gasteiger partial charge in [0.25, 0.3) is 0 Å². The summed E-state index contributed by atoms with van der Waals surface area (Å²) in [5, 5.41) is 10.5. The smallest absolute Gasteiger partial charge is 0.305 e. The Bertz CT molecular complexity index is 389. The molecule has 0 aromatic carbocycles. The van der Waals surface area contributed by atoms with Crippen molar-refractivity contribution in [2.45, 2.75) is 103 Å². The molecule has 0 bridgehead atoms. The van der Waals surface area contributed by atoms with Gasteiger partial charge in [-0.25, -0.2) is 0 Å². The van der Waals surface area contributed by atoms with E-state index in [-0.39, 0.29) is 11.8 Å². The highest BCUT2D eigenvalue weighted by atomic mass is 16.5. The third kappa shape index (κ3) is 12.8. The van der Waals surface area contributed by atoms with Crippen molar-refractivity contribution in [2.24, 2.45) is 0 Å². The third-order valence-electron chi connectivity index (χ3n) is 4.70. The lowest BCUT2D eigenvalue weighted by atomic mass is 9.88. The number of hydrogen-bond donors (Lipinski definition) is 1. The molecule has 0 fully saturated rings. The topological polar surface area (TPSA) is 63.6 Å². The fourth-order valence-corrected chi connectivity index (χ4v) is 2.83. The number of aliphatic hydroxyl groups is 1. The highest BCUT2D eigenvalue weighted by Crippen LogP contribution is 2.22. The molecule has 0 aliphatic rings. The van der Waals surface area contributed by atoms with Gasteiger partial charge < -0.3 is 9.84 Å². The van der Waals surface area contributed by atoms with Crippen molar-refractivity contribution in [3.63, 3.8) is 0 Å². The van der Waals surface area contributed by atoms with Crippen molar-refractivity contribution in [2.75, 3.05) is 7.11 Å². The standard InChI is InChI=1S/C21H38O4/c1-4-5-6-14-17-21(24,19(2)22)18-15-12-10-8-7-9-11-13-16-20(23)25-3/h12,15,24H,4-11,13-14,16-18H2,1-3H3/b15-12-. The van der Waals surface area contributed by atoms with Crippen molar-refractivity contribution in [3.05, 3.63) is 12.2 Å². The summed E-state index contributed by atoms with van der Waals surface area (Å²) in [7, 11) is 1.42. The normalized spacial score (nSPS) is 13.8. The van der Waals surface area contributed by atoms with Crippen molar-refractivity contribution in [1.29, 1.82) is 0 Å². The van der Waals surface area contributed by atoms with Crippen LogP contribution in [-0.4, -0.2) is 29.6 Å². The molecule has 0 aliphatic heterocycles. The van der Waals surface area contributed by atoms with Crippen molar-refractivity contribution < 1.29 is 19.4 Å². The van der Waals surface area contributed by atoms with E-state index in [2.05, 4.69) is 17.7 Å². The predicted molar refractivity (Wildman–Crippen MR) is 102 cm³/mol. The second-order valence-electron chi connectivity index (χ2n) is 6.96. The van der Waals surface area contributed by atoms with Gasteiger partial charge in [-0.05, 0) is 32.6 Å². The van der Waals surface area contributed by atoms with E-state index in [1.54, 1.807) is 0 Å². The molecule has 4 nitrogen and oxygen atoms in total. The number of methoxy groups -OCH3 is 1. The van der Waals surface area contributed by atoms with Crippen LogP contribution in [0.25, 0.3) is 0 Å². The zero-order valence-corrected chi connectivity index (χ0v) is 16.5. The zero-order valence-electron chi connectivity index (χ0n) is 16.5. The second kappa shape index (κ2) is 15.1. The minimum absolute atomic E-state index is 0.126. The van der Waals surface area contributed by atoms with Crippen molar-refractivity contribution in [3.8, 4) is 0 Å². The van der Waals surface area contributed by atoms with Gasteiger partial charge in [0.05, 0.1) is 7.11 Å². The molecule has 0 amide bonds. The number of esters is 1. The predicted octanol–water partition coefficient (Wildman–Crippen LogP) is 5.13. The van der Waals surface area contributed by atoms with Crippen LogP contribution in [0.1, 0.15) is 97.3 Å². The van der Waals surface area contributed by atoms with Crippen molar-refractivity contribution >= 4 is 11.8 Å². The van der Waals surface area contributed by atoms with Crippen LogP contribution in [0.15, 0.2) is 12.2 Å². The molecule has 0 spiro atoms. The number of ether oxygens (including phenoxy) is 1. The van der Waals surface area contributed by atoms with Crippen molar-refractivity contribution in [1.82, 2.24) is 0 Å². The molecule has 146 valence electrons. The van der Waals surface area contributed by atoms with Crippen LogP contribution in [0.3, 0.4) is 0 Å². The van der Waals surface area contributed by atoms with E-state index >= 15 is 0 Å². The minimum atomic E-state index is -1.18. The fourth-order valence-electron chi connectivity index (χ4n) is 2.83. The van der Waals surface area contributed by atoms with E-state index in [1.807, 2.05) is 6.08 Å². The van der Waals surface area contributed by atoms with Crippen LogP contribution >= 0.6 is 0 Å². The molecule has 25 heavy (non-hydrogen) atoms. The van der Waals surface area contributed by atoms with Gasteiger partial charge in [0.2, 0.25) is 0 Å². The number of ketones is 1. The molecule has 1 N–H and O–H groups in total. The summed E-state index contributed by atoms with van der Waals surface area (Å²) in [4.78, 5) is 22.7.